The summed E-state index contributed by atoms with van der Waals surface area (Å²) in [6, 6.07) is 2.60. The number of benzene rings is 1. The molecule has 0 radical (unpaired) electrons. The second-order valence-electron chi connectivity index (χ2n) is 3.26. The van der Waals surface area contributed by atoms with E-state index in [1.54, 1.807) is 0 Å². The Morgan fingerprint density at radius 1 is 1.47 bits per heavy atom. The van der Waals surface area contributed by atoms with E-state index >= 15 is 0 Å². The number of nitrogens with two attached hydrogens (primary N) is 1. The zero-order chi connectivity index (χ0) is 12.4. The Labute approximate surface area is 95.4 Å². The lowest BCUT2D eigenvalue weighted by atomic mass is 10.1. The van der Waals surface area contributed by atoms with Gasteiger partial charge in [-0.05, 0) is 6.07 Å². The van der Waals surface area contributed by atoms with Crippen molar-refractivity contribution in [3.05, 3.63) is 27.8 Å². The van der Waals surface area contributed by atoms with E-state index < -0.39 is 4.92 Å². The summed E-state index contributed by atoms with van der Waals surface area (Å²) in [7, 11) is 0. The third-order valence-corrected chi connectivity index (χ3v) is 2.22. The molecule has 0 unspecified atom stereocenters. The minimum absolute atomic E-state index is 0.0655. The van der Waals surface area contributed by atoms with Gasteiger partial charge in [0.15, 0.2) is 11.6 Å². The molecule has 1 aliphatic rings. The first-order valence-electron chi connectivity index (χ1n) is 4.69. The number of hydrogen-bond donors (Lipinski definition) is 2. The van der Waals surface area contributed by atoms with E-state index in [0.717, 1.165) is 0 Å². The smallest absolute Gasteiger partial charge is 0.315 e. The molecule has 0 fully saturated rings. The predicted octanol–water partition coefficient (Wildman–Crippen LogP) is 0.460. The van der Waals surface area contributed by atoms with E-state index in [-0.39, 0.29) is 35.2 Å². The molecule has 8 nitrogen and oxygen atoms in total. The van der Waals surface area contributed by atoms with Crippen molar-refractivity contribution in [1.82, 2.24) is 0 Å². The van der Waals surface area contributed by atoms with Crippen LogP contribution in [0, 0.1) is 10.1 Å². The zero-order valence-corrected chi connectivity index (χ0v) is 8.62. The lowest BCUT2D eigenvalue weighted by molar-refractivity contribution is -0.386. The molecule has 1 heterocycles. The van der Waals surface area contributed by atoms with E-state index in [1.807, 2.05) is 0 Å². The van der Waals surface area contributed by atoms with Crippen molar-refractivity contribution in [2.45, 2.75) is 0 Å². The van der Waals surface area contributed by atoms with Gasteiger partial charge in [-0.25, -0.2) is 0 Å². The van der Waals surface area contributed by atoms with Gasteiger partial charge in [0.2, 0.25) is 5.75 Å². The third-order valence-electron chi connectivity index (χ3n) is 2.22. The Morgan fingerprint density at radius 3 is 2.82 bits per heavy atom. The van der Waals surface area contributed by atoms with Crippen molar-refractivity contribution in [3.8, 4) is 11.5 Å². The highest BCUT2D eigenvalue weighted by molar-refractivity contribution is 5.98. The summed E-state index contributed by atoms with van der Waals surface area (Å²) in [6.45, 7) is 0.542. The summed E-state index contributed by atoms with van der Waals surface area (Å²) >= 11 is 0. The Morgan fingerprint density at radius 2 is 2.18 bits per heavy atom. The summed E-state index contributed by atoms with van der Waals surface area (Å²) < 4.78 is 10.4. The first-order valence-corrected chi connectivity index (χ1v) is 4.69. The average molecular weight is 239 g/mol. The van der Waals surface area contributed by atoms with Crippen LogP contribution in [0.2, 0.25) is 0 Å². The molecule has 1 aliphatic heterocycles. The number of nitro groups is 1. The standard InChI is InChI=1S/C9H9N3O5/c10-9(11-13)5-3-6(12(14)15)8-7(4-5)16-1-2-17-8/h3-4,13H,1-2H2,(H2,10,11). The van der Waals surface area contributed by atoms with Crippen molar-refractivity contribution in [2.75, 3.05) is 13.2 Å². The summed E-state index contributed by atoms with van der Waals surface area (Å²) in [5.74, 6) is 0.0489. The number of nitro benzene ring substituents is 1. The summed E-state index contributed by atoms with van der Waals surface area (Å²) in [4.78, 5) is 10.3. The highest BCUT2D eigenvalue weighted by Gasteiger charge is 2.26. The van der Waals surface area contributed by atoms with Crippen LogP contribution in [0.4, 0.5) is 5.69 Å². The van der Waals surface area contributed by atoms with Gasteiger partial charge < -0.3 is 20.4 Å². The Balaban J connectivity index is 2.60. The third kappa shape index (κ3) is 1.92. The van der Waals surface area contributed by atoms with E-state index in [0.29, 0.717) is 6.61 Å². The molecular weight excluding hydrogens is 230 g/mol. The van der Waals surface area contributed by atoms with Crippen molar-refractivity contribution in [2.24, 2.45) is 10.9 Å². The molecule has 0 bridgehead atoms. The van der Waals surface area contributed by atoms with E-state index in [4.69, 9.17) is 20.4 Å². The topological polar surface area (TPSA) is 120 Å². The second kappa shape index (κ2) is 4.16. The van der Waals surface area contributed by atoms with Gasteiger partial charge >= 0.3 is 5.69 Å². The number of rotatable bonds is 2. The molecule has 0 spiro atoms. The Bertz CT molecular complexity index is 500. The molecule has 8 heteroatoms. The normalized spacial score (nSPS) is 14.5. The summed E-state index contributed by atoms with van der Waals surface area (Å²) in [5.41, 5.74) is 5.30. The van der Waals surface area contributed by atoms with Crippen LogP contribution in [0.5, 0.6) is 11.5 Å². The number of oxime groups is 1. The van der Waals surface area contributed by atoms with Crippen LogP contribution in [0.1, 0.15) is 5.56 Å². The predicted molar refractivity (Wildman–Crippen MR) is 56.6 cm³/mol. The molecule has 17 heavy (non-hydrogen) atoms. The molecule has 2 rings (SSSR count). The van der Waals surface area contributed by atoms with Gasteiger partial charge in [-0.15, -0.1) is 0 Å². The number of fused-ring (bicyclic) bond motifs is 1. The van der Waals surface area contributed by atoms with Crippen molar-refractivity contribution in [1.29, 1.82) is 0 Å². The minimum atomic E-state index is -0.609. The lowest BCUT2D eigenvalue weighted by Crippen LogP contribution is -2.19. The first-order chi connectivity index (χ1) is 8.13. The summed E-state index contributed by atoms with van der Waals surface area (Å²) in [5, 5.41) is 22.2. The fourth-order valence-corrected chi connectivity index (χ4v) is 1.48. The lowest BCUT2D eigenvalue weighted by Gasteiger charge is -2.18. The van der Waals surface area contributed by atoms with Gasteiger partial charge in [-0.2, -0.15) is 0 Å². The quantitative estimate of drug-likeness (QED) is 0.254. The molecular formula is C9H9N3O5. The molecule has 1 aromatic rings. The zero-order valence-electron chi connectivity index (χ0n) is 8.62. The fourth-order valence-electron chi connectivity index (χ4n) is 1.48. The maximum Gasteiger partial charge on any atom is 0.315 e. The number of amidine groups is 1. The first kappa shape index (κ1) is 11.0. The van der Waals surface area contributed by atoms with Gasteiger partial charge in [0.25, 0.3) is 0 Å². The number of nitrogens with zero attached hydrogens (tertiary/aromatic N) is 2. The van der Waals surface area contributed by atoms with Crippen LogP contribution < -0.4 is 15.2 Å². The van der Waals surface area contributed by atoms with Crippen molar-refractivity contribution >= 4 is 11.5 Å². The molecule has 0 atom stereocenters. The molecule has 3 N–H and O–H groups in total. The van der Waals surface area contributed by atoms with Gasteiger partial charge in [0.1, 0.15) is 13.2 Å². The monoisotopic (exact) mass is 239 g/mol. The molecule has 0 aromatic heterocycles. The van der Waals surface area contributed by atoms with Gasteiger partial charge in [-0.1, -0.05) is 5.16 Å². The van der Waals surface area contributed by atoms with Crippen molar-refractivity contribution in [3.63, 3.8) is 0 Å². The molecule has 0 amide bonds. The molecule has 90 valence electrons. The largest absolute Gasteiger partial charge is 0.486 e. The maximum absolute atomic E-state index is 10.9. The SMILES string of the molecule is N/C(=N/O)c1cc2c(c([N+](=O)[O-])c1)OCCO2. The van der Waals surface area contributed by atoms with E-state index in [9.17, 15) is 10.1 Å². The highest BCUT2D eigenvalue weighted by atomic mass is 16.6. The van der Waals surface area contributed by atoms with Gasteiger partial charge in [0, 0.05) is 11.6 Å². The maximum atomic E-state index is 10.9. The number of ether oxygens (including phenoxy) is 2. The van der Waals surface area contributed by atoms with E-state index in [2.05, 4.69) is 5.16 Å². The summed E-state index contributed by atoms with van der Waals surface area (Å²) in [6.07, 6.45) is 0. The van der Waals surface area contributed by atoms with Gasteiger partial charge in [0.05, 0.1) is 4.92 Å². The molecule has 0 aliphatic carbocycles. The Hall–Kier alpha value is -2.51. The van der Waals surface area contributed by atoms with Crippen LogP contribution in [-0.2, 0) is 0 Å². The van der Waals surface area contributed by atoms with Crippen LogP contribution in [0.25, 0.3) is 0 Å². The minimum Gasteiger partial charge on any atom is -0.486 e. The average Bonchev–Trinajstić information content (AvgIpc) is 2.36. The van der Waals surface area contributed by atoms with E-state index in [1.165, 1.54) is 12.1 Å². The Kier molecular flexibility index (Phi) is 2.69. The van der Waals surface area contributed by atoms with Gasteiger partial charge in [-0.3, -0.25) is 10.1 Å². The van der Waals surface area contributed by atoms with Crippen molar-refractivity contribution < 1.29 is 19.6 Å². The molecule has 0 saturated carbocycles. The second-order valence-corrected chi connectivity index (χ2v) is 3.26. The molecule has 1 aromatic carbocycles. The highest BCUT2D eigenvalue weighted by Crippen LogP contribution is 2.39. The van der Waals surface area contributed by atoms with Crippen LogP contribution in [-0.4, -0.2) is 29.2 Å². The van der Waals surface area contributed by atoms with Crippen LogP contribution >= 0.6 is 0 Å². The molecule has 0 saturated heterocycles. The number of hydrogen-bond acceptors (Lipinski definition) is 6. The van der Waals surface area contributed by atoms with Crippen LogP contribution in [0.15, 0.2) is 17.3 Å². The van der Waals surface area contributed by atoms with Crippen LogP contribution in [0.3, 0.4) is 0 Å². The fraction of sp³-hybridized carbons (Fsp3) is 0.222.